The number of unbranched alkanes of at least 4 members (excludes halogenated alkanes) is 1. The number of carbonyl (C=O) groups is 2. The van der Waals surface area contributed by atoms with Crippen LogP contribution < -0.4 is 4.74 Å². The third kappa shape index (κ3) is 7.59. The number of esters is 1. The lowest BCUT2D eigenvalue weighted by Crippen LogP contribution is -2.38. The van der Waals surface area contributed by atoms with E-state index in [0.717, 1.165) is 32.5 Å². The number of methoxy groups -OCH3 is 2. The Balaban J connectivity index is 2.76. The van der Waals surface area contributed by atoms with Gasteiger partial charge in [0.15, 0.2) is 0 Å². The summed E-state index contributed by atoms with van der Waals surface area (Å²) in [6.45, 7) is 10.1. The first kappa shape index (κ1) is 23.0. The van der Waals surface area contributed by atoms with Crippen LogP contribution in [0.15, 0.2) is 24.3 Å². The second-order valence-electron chi connectivity index (χ2n) is 6.64. The molecule has 0 N–H and O–H groups in total. The second-order valence-corrected chi connectivity index (χ2v) is 6.64. The van der Waals surface area contributed by atoms with Crippen molar-refractivity contribution in [3.63, 3.8) is 0 Å². The first-order valence-corrected chi connectivity index (χ1v) is 9.70. The van der Waals surface area contributed by atoms with Crippen molar-refractivity contribution >= 4 is 11.9 Å². The first-order chi connectivity index (χ1) is 13.0. The van der Waals surface area contributed by atoms with Gasteiger partial charge in [-0.25, -0.2) is 0 Å². The molecule has 1 aromatic rings. The lowest BCUT2D eigenvalue weighted by molar-refractivity contribution is -0.145. The van der Waals surface area contributed by atoms with Gasteiger partial charge >= 0.3 is 5.97 Å². The maximum Gasteiger partial charge on any atom is 0.310 e. The summed E-state index contributed by atoms with van der Waals surface area (Å²) >= 11 is 0. The Kier molecular flexibility index (Phi) is 10.5. The van der Waals surface area contributed by atoms with Crippen molar-refractivity contribution in [2.24, 2.45) is 5.92 Å². The van der Waals surface area contributed by atoms with E-state index in [-0.39, 0.29) is 17.8 Å². The molecule has 0 spiro atoms. The summed E-state index contributed by atoms with van der Waals surface area (Å²) in [6.07, 6.45) is 1.91. The zero-order valence-electron chi connectivity index (χ0n) is 17.4. The van der Waals surface area contributed by atoms with Crippen molar-refractivity contribution in [3.8, 4) is 5.75 Å². The Labute approximate surface area is 163 Å². The molecule has 1 amide bonds. The molecule has 0 saturated carbocycles. The van der Waals surface area contributed by atoms with Crippen LogP contribution in [0.25, 0.3) is 0 Å². The number of nitrogens with zero attached hydrogens (tertiary/aromatic N) is 2. The molecule has 6 nitrogen and oxygen atoms in total. The van der Waals surface area contributed by atoms with E-state index in [1.54, 1.807) is 43.2 Å². The highest BCUT2D eigenvalue weighted by Gasteiger charge is 2.22. The van der Waals surface area contributed by atoms with Gasteiger partial charge in [0, 0.05) is 18.7 Å². The maximum absolute atomic E-state index is 13.0. The van der Waals surface area contributed by atoms with Crippen molar-refractivity contribution in [1.82, 2.24) is 9.80 Å². The van der Waals surface area contributed by atoms with Crippen molar-refractivity contribution in [1.29, 1.82) is 0 Å². The van der Waals surface area contributed by atoms with Crippen LogP contribution in [-0.4, -0.2) is 68.6 Å². The van der Waals surface area contributed by atoms with Crippen LogP contribution in [0.4, 0.5) is 0 Å². The van der Waals surface area contributed by atoms with Gasteiger partial charge < -0.3 is 19.3 Å². The van der Waals surface area contributed by atoms with E-state index >= 15 is 0 Å². The van der Waals surface area contributed by atoms with E-state index in [1.165, 1.54) is 7.11 Å². The minimum Gasteiger partial charge on any atom is -0.497 e. The van der Waals surface area contributed by atoms with Gasteiger partial charge in [0.25, 0.3) is 5.91 Å². The highest BCUT2D eigenvalue weighted by atomic mass is 16.5. The Bertz CT molecular complexity index is 570. The zero-order chi connectivity index (χ0) is 20.2. The summed E-state index contributed by atoms with van der Waals surface area (Å²) in [6, 6.07) is 7.06. The summed E-state index contributed by atoms with van der Waals surface area (Å²) in [4.78, 5) is 28.9. The third-order valence-corrected chi connectivity index (χ3v) is 4.77. The minimum atomic E-state index is -0.361. The van der Waals surface area contributed by atoms with Crippen LogP contribution in [0.1, 0.15) is 44.0 Å². The highest BCUT2D eigenvalue weighted by molar-refractivity contribution is 5.94. The predicted octanol–water partition coefficient (Wildman–Crippen LogP) is 3.07. The van der Waals surface area contributed by atoms with Crippen LogP contribution in [0.2, 0.25) is 0 Å². The Morgan fingerprint density at radius 2 is 1.59 bits per heavy atom. The van der Waals surface area contributed by atoms with E-state index in [9.17, 15) is 9.59 Å². The van der Waals surface area contributed by atoms with E-state index in [0.29, 0.717) is 24.4 Å². The van der Waals surface area contributed by atoms with E-state index in [4.69, 9.17) is 9.47 Å². The number of rotatable bonds is 12. The molecule has 1 aromatic carbocycles. The number of benzene rings is 1. The van der Waals surface area contributed by atoms with Gasteiger partial charge in [-0.2, -0.15) is 0 Å². The quantitative estimate of drug-likeness (QED) is 0.413. The lowest BCUT2D eigenvalue weighted by atomic mass is 10.1. The number of ether oxygens (including phenoxy) is 2. The fourth-order valence-electron chi connectivity index (χ4n) is 2.98. The monoisotopic (exact) mass is 378 g/mol. The average molecular weight is 379 g/mol. The molecule has 1 atom stereocenters. The zero-order valence-corrected chi connectivity index (χ0v) is 17.4. The second kappa shape index (κ2) is 12.3. The molecule has 0 radical (unpaired) electrons. The predicted molar refractivity (Wildman–Crippen MR) is 107 cm³/mol. The minimum absolute atomic E-state index is 0.0729. The molecule has 27 heavy (non-hydrogen) atoms. The Morgan fingerprint density at radius 3 is 2.11 bits per heavy atom. The number of amides is 1. The largest absolute Gasteiger partial charge is 0.497 e. The molecular formula is C21H34N2O4. The molecule has 0 fully saturated rings. The molecule has 0 aliphatic heterocycles. The van der Waals surface area contributed by atoms with Gasteiger partial charge in [0.1, 0.15) is 5.75 Å². The molecule has 1 rings (SSSR count). The van der Waals surface area contributed by atoms with Gasteiger partial charge in [-0.15, -0.1) is 0 Å². The maximum atomic E-state index is 13.0. The summed E-state index contributed by atoms with van der Waals surface area (Å²) < 4.78 is 9.97. The normalized spacial score (nSPS) is 11.9. The molecule has 6 heteroatoms. The molecule has 0 bridgehead atoms. The topological polar surface area (TPSA) is 59.1 Å². The van der Waals surface area contributed by atoms with E-state index in [2.05, 4.69) is 18.7 Å². The molecule has 0 saturated heterocycles. The van der Waals surface area contributed by atoms with Crippen LogP contribution in [0.5, 0.6) is 5.75 Å². The molecule has 0 aliphatic carbocycles. The molecule has 0 aliphatic rings. The fraction of sp³-hybridized carbons (Fsp3) is 0.619. The summed E-state index contributed by atoms with van der Waals surface area (Å²) in [5.41, 5.74) is 0.594. The van der Waals surface area contributed by atoms with Crippen LogP contribution >= 0.6 is 0 Å². The van der Waals surface area contributed by atoms with Gasteiger partial charge in [-0.05, 0) is 56.7 Å². The van der Waals surface area contributed by atoms with Crippen molar-refractivity contribution in [3.05, 3.63) is 29.8 Å². The van der Waals surface area contributed by atoms with Crippen molar-refractivity contribution in [2.75, 3.05) is 46.9 Å². The van der Waals surface area contributed by atoms with Gasteiger partial charge in [0.05, 0.1) is 20.1 Å². The summed E-state index contributed by atoms with van der Waals surface area (Å²) in [7, 11) is 2.97. The molecule has 1 unspecified atom stereocenters. The summed E-state index contributed by atoms with van der Waals surface area (Å²) in [5.74, 6) is -0.0258. The Morgan fingerprint density at radius 1 is 1.00 bits per heavy atom. The third-order valence-electron chi connectivity index (χ3n) is 4.77. The fourth-order valence-corrected chi connectivity index (χ4v) is 2.98. The van der Waals surface area contributed by atoms with E-state index in [1.807, 2.05) is 0 Å². The molecular weight excluding hydrogens is 344 g/mol. The first-order valence-electron chi connectivity index (χ1n) is 9.70. The SMILES string of the molecule is CCN(CC)CCCCN(CC(C)C(=O)OC)C(=O)c1ccc(OC)cc1. The average Bonchev–Trinajstić information content (AvgIpc) is 2.71. The van der Waals surface area contributed by atoms with Crippen LogP contribution in [-0.2, 0) is 9.53 Å². The van der Waals surface area contributed by atoms with Gasteiger partial charge in [-0.3, -0.25) is 9.59 Å². The smallest absolute Gasteiger partial charge is 0.310 e. The van der Waals surface area contributed by atoms with E-state index < -0.39 is 0 Å². The van der Waals surface area contributed by atoms with Crippen molar-refractivity contribution in [2.45, 2.75) is 33.6 Å². The lowest BCUT2D eigenvalue weighted by Gasteiger charge is -2.26. The highest BCUT2D eigenvalue weighted by Crippen LogP contribution is 2.15. The van der Waals surface area contributed by atoms with Gasteiger partial charge in [-0.1, -0.05) is 20.8 Å². The molecule has 0 aromatic heterocycles. The standard InChI is InChI=1S/C21H34N2O4/c1-6-22(7-2)14-8-9-15-23(16-17(3)21(25)27-5)20(24)18-10-12-19(26-4)13-11-18/h10-13,17H,6-9,14-16H2,1-5H3. The molecule has 0 heterocycles. The molecule has 152 valence electrons. The Hall–Kier alpha value is -2.08. The summed E-state index contributed by atoms with van der Waals surface area (Å²) in [5, 5.41) is 0. The van der Waals surface area contributed by atoms with Crippen molar-refractivity contribution < 1.29 is 19.1 Å². The van der Waals surface area contributed by atoms with Gasteiger partial charge in [0.2, 0.25) is 0 Å². The number of carbonyl (C=O) groups excluding carboxylic acids is 2. The van der Waals surface area contributed by atoms with Crippen LogP contribution in [0, 0.1) is 5.92 Å². The van der Waals surface area contributed by atoms with Crippen LogP contribution in [0.3, 0.4) is 0 Å². The number of hydrogen-bond acceptors (Lipinski definition) is 5. The number of hydrogen-bond donors (Lipinski definition) is 0.